The van der Waals surface area contributed by atoms with E-state index >= 15 is 0 Å². The van der Waals surface area contributed by atoms with Crippen molar-refractivity contribution in [1.82, 2.24) is 10.3 Å². The van der Waals surface area contributed by atoms with Crippen LogP contribution in [-0.4, -0.2) is 49.8 Å². The average molecular weight is 681 g/mol. The molecule has 4 aromatic carbocycles. The highest BCUT2D eigenvalue weighted by atomic mass is 32.2. The second-order valence-corrected chi connectivity index (χ2v) is 12.0. The smallest absolute Gasteiger partial charge is 0.272 e. The van der Waals surface area contributed by atoms with Crippen LogP contribution in [0, 0.1) is 0 Å². The summed E-state index contributed by atoms with van der Waals surface area (Å²) in [6.45, 7) is 0. The Balaban J connectivity index is 1.22. The number of benzene rings is 4. The molecule has 0 atom stereocenters. The molecule has 3 N–H and O–H groups in total. The Hall–Kier alpha value is -5.59. The summed E-state index contributed by atoms with van der Waals surface area (Å²) in [5, 5.41) is 10.8. The Kier molecular flexibility index (Phi) is 11.5. The van der Waals surface area contributed by atoms with Gasteiger partial charge in [-0.05, 0) is 84.9 Å². The summed E-state index contributed by atoms with van der Waals surface area (Å²) in [6, 6.07) is 28.4. The quantitative estimate of drug-likeness (QED) is 0.0899. The number of hydrogen-bond donors (Lipinski definition) is 3. The second-order valence-electron chi connectivity index (χ2n) is 10.1. The van der Waals surface area contributed by atoms with Crippen LogP contribution in [-0.2, 0) is 9.59 Å². The number of rotatable bonds is 13. The van der Waals surface area contributed by atoms with E-state index in [2.05, 4.69) is 20.9 Å². The van der Waals surface area contributed by atoms with Crippen molar-refractivity contribution in [2.75, 3.05) is 37.7 Å². The first-order chi connectivity index (χ1) is 23.3. The van der Waals surface area contributed by atoms with Gasteiger partial charge in [0.25, 0.3) is 11.8 Å². The van der Waals surface area contributed by atoms with E-state index in [1.807, 2.05) is 29.6 Å². The number of nitrogens with one attached hydrogen (secondary N) is 3. The van der Waals surface area contributed by atoms with Crippen molar-refractivity contribution in [1.29, 1.82) is 0 Å². The number of hydrogen-bond acceptors (Lipinski definition) is 9. The lowest BCUT2D eigenvalue weighted by molar-refractivity contribution is -0.114. The molecule has 0 bridgehead atoms. The zero-order valence-corrected chi connectivity index (χ0v) is 27.9. The van der Waals surface area contributed by atoms with Gasteiger partial charge in [0.15, 0.2) is 5.13 Å². The molecule has 48 heavy (non-hydrogen) atoms. The molecule has 1 aromatic heterocycles. The first-order valence-electron chi connectivity index (χ1n) is 14.6. The molecule has 0 fully saturated rings. The van der Waals surface area contributed by atoms with Crippen molar-refractivity contribution in [3.63, 3.8) is 0 Å². The number of methoxy groups -OCH3 is 3. The van der Waals surface area contributed by atoms with E-state index < -0.39 is 11.8 Å². The molecule has 1 heterocycles. The highest BCUT2D eigenvalue weighted by Crippen LogP contribution is 2.28. The Bertz CT molecular complexity index is 1910. The predicted molar refractivity (Wildman–Crippen MR) is 190 cm³/mol. The number of carbonyl (C=O) groups excluding carboxylic acids is 3. The highest BCUT2D eigenvalue weighted by Gasteiger charge is 2.17. The van der Waals surface area contributed by atoms with Gasteiger partial charge in [-0.25, -0.2) is 4.98 Å². The van der Waals surface area contributed by atoms with Gasteiger partial charge in [-0.3, -0.25) is 14.4 Å². The highest BCUT2D eigenvalue weighted by molar-refractivity contribution is 8.00. The summed E-state index contributed by atoms with van der Waals surface area (Å²) >= 11 is 2.70. The van der Waals surface area contributed by atoms with Gasteiger partial charge in [0, 0.05) is 32.7 Å². The minimum absolute atomic E-state index is 0.00265. The van der Waals surface area contributed by atoms with Crippen LogP contribution in [0.15, 0.2) is 113 Å². The predicted octanol–water partition coefficient (Wildman–Crippen LogP) is 6.98. The van der Waals surface area contributed by atoms with E-state index in [0.717, 1.165) is 21.9 Å². The van der Waals surface area contributed by atoms with E-state index in [1.54, 1.807) is 79.9 Å². The summed E-state index contributed by atoms with van der Waals surface area (Å²) in [5.74, 6) is 0.805. The standard InChI is InChI=1S/C36H32N4O6S2/c1-44-27-13-9-23(10-14-27)31-21-48-36(39-31)40-33(41)22-47-29-16-11-26(12-17-29)37-35(43)30(38-34(42)24-7-5-4-6-8-24)20-25-19-28(45-2)15-18-32(25)46-3/h4-21H,22H2,1-3H3,(H,37,43)(H,38,42)(H,39,40,41)/b30-20-. The number of ether oxygens (including phenoxy) is 3. The molecule has 0 radical (unpaired) electrons. The van der Waals surface area contributed by atoms with Crippen LogP contribution < -0.4 is 30.2 Å². The third kappa shape index (κ3) is 9.02. The Labute approximate surface area is 286 Å². The Morgan fingerprint density at radius 1 is 0.812 bits per heavy atom. The van der Waals surface area contributed by atoms with Crippen LogP contribution in [0.3, 0.4) is 0 Å². The summed E-state index contributed by atoms with van der Waals surface area (Å²) in [7, 11) is 4.67. The monoisotopic (exact) mass is 680 g/mol. The van der Waals surface area contributed by atoms with E-state index in [4.69, 9.17) is 14.2 Å². The lowest BCUT2D eigenvalue weighted by Gasteiger charge is -2.13. The van der Waals surface area contributed by atoms with Gasteiger partial charge in [0.2, 0.25) is 5.91 Å². The van der Waals surface area contributed by atoms with Gasteiger partial charge in [0.05, 0.1) is 32.8 Å². The van der Waals surface area contributed by atoms with Crippen molar-refractivity contribution >= 4 is 57.7 Å². The minimum atomic E-state index is -0.540. The lowest BCUT2D eigenvalue weighted by Crippen LogP contribution is -2.30. The fourth-order valence-electron chi connectivity index (χ4n) is 4.41. The molecule has 0 aliphatic heterocycles. The second kappa shape index (κ2) is 16.3. The van der Waals surface area contributed by atoms with Gasteiger partial charge >= 0.3 is 0 Å². The van der Waals surface area contributed by atoms with Crippen LogP contribution in [0.5, 0.6) is 17.2 Å². The van der Waals surface area contributed by atoms with Crippen LogP contribution in [0.2, 0.25) is 0 Å². The summed E-state index contributed by atoms with van der Waals surface area (Å²) < 4.78 is 16.0. The molecule has 0 saturated carbocycles. The number of aromatic nitrogens is 1. The van der Waals surface area contributed by atoms with E-state index in [9.17, 15) is 14.4 Å². The van der Waals surface area contributed by atoms with Gasteiger partial charge in [0.1, 0.15) is 22.9 Å². The number of amides is 3. The maximum atomic E-state index is 13.5. The molecule has 244 valence electrons. The van der Waals surface area contributed by atoms with E-state index in [-0.39, 0.29) is 17.4 Å². The van der Waals surface area contributed by atoms with Crippen molar-refractivity contribution < 1.29 is 28.6 Å². The Morgan fingerprint density at radius 3 is 2.21 bits per heavy atom. The molecular weight excluding hydrogens is 649 g/mol. The van der Waals surface area contributed by atoms with Crippen LogP contribution >= 0.6 is 23.1 Å². The molecule has 0 unspecified atom stereocenters. The topological polar surface area (TPSA) is 128 Å². The first kappa shape index (κ1) is 33.8. The maximum Gasteiger partial charge on any atom is 0.272 e. The van der Waals surface area contributed by atoms with Crippen molar-refractivity contribution in [2.24, 2.45) is 0 Å². The van der Waals surface area contributed by atoms with Crippen molar-refractivity contribution in [3.8, 4) is 28.5 Å². The van der Waals surface area contributed by atoms with Gasteiger partial charge in [-0.2, -0.15) is 0 Å². The molecule has 5 aromatic rings. The average Bonchev–Trinajstić information content (AvgIpc) is 3.59. The molecule has 0 saturated heterocycles. The zero-order valence-electron chi connectivity index (χ0n) is 26.3. The van der Waals surface area contributed by atoms with Gasteiger partial charge in [-0.1, -0.05) is 18.2 Å². The fraction of sp³-hybridized carbons (Fsp3) is 0.111. The van der Waals surface area contributed by atoms with E-state index in [1.165, 1.54) is 43.4 Å². The Morgan fingerprint density at radius 2 is 1.52 bits per heavy atom. The fourth-order valence-corrected chi connectivity index (χ4v) is 5.85. The molecule has 10 nitrogen and oxygen atoms in total. The third-order valence-electron chi connectivity index (χ3n) is 6.88. The number of thioether (sulfide) groups is 1. The molecule has 12 heteroatoms. The molecular formula is C36H32N4O6S2. The SMILES string of the molecule is COc1ccc(-c2csc(NC(=O)CSc3ccc(NC(=O)/C(=C/c4cc(OC)ccc4OC)NC(=O)c4ccccc4)cc3)n2)cc1. The number of carbonyl (C=O) groups is 3. The minimum Gasteiger partial charge on any atom is -0.497 e. The lowest BCUT2D eigenvalue weighted by atomic mass is 10.1. The number of nitrogens with zero attached hydrogens (tertiary/aromatic N) is 1. The summed E-state index contributed by atoms with van der Waals surface area (Å²) in [5.41, 5.74) is 3.13. The summed E-state index contributed by atoms with van der Waals surface area (Å²) in [6.07, 6.45) is 1.53. The van der Waals surface area contributed by atoms with Crippen LogP contribution in [0.25, 0.3) is 17.3 Å². The summed E-state index contributed by atoms with van der Waals surface area (Å²) in [4.78, 5) is 44.5. The van der Waals surface area contributed by atoms with Crippen molar-refractivity contribution in [2.45, 2.75) is 4.90 Å². The first-order valence-corrected chi connectivity index (χ1v) is 16.5. The van der Waals surface area contributed by atoms with Gasteiger partial charge < -0.3 is 30.2 Å². The normalized spacial score (nSPS) is 10.9. The molecule has 0 aliphatic carbocycles. The van der Waals surface area contributed by atoms with Crippen LogP contribution in [0.4, 0.5) is 10.8 Å². The maximum absolute atomic E-state index is 13.5. The molecule has 3 amide bonds. The third-order valence-corrected chi connectivity index (χ3v) is 8.65. The number of anilines is 2. The largest absolute Gasteiger partial charge is 0.497 e. The van der Waals surface area contributed by atoms with Gasteiger partial charge in [-0.15, -0.1) is 23.1 Å². The van der Waals surface area contributed by atoms with Crippen LogP contribution in [0.1, 0.15) is 15.9 Å². The molecule has 0 aliphatic rings. The van der Waals surface area contributed by atoms with E-state index in [0.29, 0.717) is 33.4 Å². The number of thiazole rings is 1. The van der Waals surface area contributed by atoms with Crippen molar-refractivity contribution in [3.05, 3.63) is 119 Å². The molecule has 5 rings (SSSR count). The zero-order chi connectivity index (χ0) is 33.9. The molecule has 0 spiro atoms.